The number of nitrogens with zero attached hydrogens (tertiary/aromatic N) is 4. The first-order chi connectivity index (χ1) is 7.59. The number of hydrogen-bond donors (Lipinski definition) is 1. The van der Waals surface area contributed by atoms with E-state index in [4.69, 9.17) is 5.11 Å². The van der Waals surface area contributed by atoms with Crippen molar-refractivity contribution >= 4 is 5.97 Å². The van der Waals surface area contributed by atoms with Gasteiger partial charge in [-0.05, 0) is 26.9 Å². The highest BCUT2D eigenvalue weighted by atomic mass is 16.4. The summed E-state index contributed by atoms with van der Waals surface area (Å²) in [5.41, 5.74) is 0.926. The Morgan fingerprint density at radius 2 is 2.25 bits per heavy atom. The normalized spacial score (nSPS) is 15.7. The van der Waals surface area contributed by atoms with E-state index >= 15 is 0 Å². The minimum Gasteiger partial charge on any atom is -0.476 e. The second-order valence-corrected chi connectivity index (χ2v) is 4.43. The standard InChI is InChI=1S/C10H16N4O2/c1-13(2)5-6-14-9(7-3-4-7)8(10(15)16)11-12-14/h7H,3-6H2,1-2H3,(H,15,16). The Morgan fingerprint density at radius 3 is 2.75 bits per heavy atom. The molecule has 2 rings (SSSR count). The summed E-state index contributed by atoms with van der Waals surface area (Å²) in [4.78, 5) is 13.0. The maximum absolute atomic E-state index is 11.0. The molecule has 0 saturated heterocycles. The van der Waals surface area contributed by atoms with E-state index < -0.39 is 5.97 Å². The average molecular weight is 224 g/mol. The van der Waals surface area contributed by atoms with Gasteiger partial charge in [-0.25, -0.2) is 9.48 Å². The lowest BCUT2D eigenvalue weighted by Crippen LogP contribution is -2.20. The number of carbonyl (C=O) groups is 1. The lowest BCUT2D eigenvalue weighted by atomic mass is 10.2. The topological polar surface area (TPSA) is 71.2 Å². The third-order valence-corrected chi connectivity index (χ3v) is 2.70. The molecule has 1 aliphatic rings. The lowest BCUT2D eigenvalue weighted by molar-refractivity contribution is 0.0689. The van der Waals surface area contributed by atoms with Crippen molar-refractivity contribution in [2.75, 3.05) is 20.6 Å². The molecule has 0 radical (unpaired) electrons. The predicted molar refractivity (Wildman–Crippen MR) is 57.5 cm³/mol. The smallest absolute Gasteiger partial charge is 0.358 e. The molecule has 1 aromatic rings. The summed E-state index contributed by atoms with van der Waals surface area (Å²) >= 11 is 0. The van der Waals surface area contributed by atoms with Gasteiger partial charge < -0.3 is 10.0 Å². The molecule has 1 heterocycles. The largest absolute Gasteiger partial charge is 0.476 e. The van der Waals surface area contributed by atoms with Crippen LogP contribution in [0.25, 0.3) is 0 Å². The maximum atomic E-state index is 11.0. The van der Waals surface area contributed by atoms with E-state index in [1.165, 1.54) is 0 Å². The van der Waals surface area contributed by atoms with Crippen LogP contribution in [0, 0.1) is 0 Å². The monoisotopic (exact) mass is 224 g/mol. The van der Waals surface area contributed by atoms with Crippen LogP contribution in [0.2, 0.25) is 0 Å². The zero-order chi connectivity index (χ0) is 11.7. The van der Waals surface area contributed by atoms with Crippen LogP contribution in [0.4, 0.5) is 0 Å². The van der Waals surface area contributed by atoms with E-state index in [1.807, 2.05) is 19.0 Å². The molecule has 6 heteroatoms. The van der Waals surface area contributed by atoms with Gasteiger partial charge in [-0.15, -0.1) is 5.10 Å². The number of hydrogen-bond acceptors (Lipinski definition) is 4. The first-order valence-electron chi connectivity index (χ1n) is 5.41. The van der Waals surface area contributed by atoms with Crippen LogP contribution in [0.1, 0.15) is 34.9 Å². The summed E-state index contributed by atoms with van der Waals surface area (Å²) in [6.07, 6.45) is 2.10. The molecule has 0 spiro atoms. The molecule has 0 aromatic carbocycles. The van der Waals surface area contributed by atoms with Gasteiger partial charge >= 0.3 is 5.97 Å². The van der Waals surface area contributed by atoms with Crippen LogP contribution in [0.15, 0.2) is 0 Å². The molecule has 1 aliphatic carbocycles. The summed E-state index contributed by atoms with van der Waals surface area (Å²) in [5.74, 6) is -0.624. The van der Waals surface area contributed by atoms with Gasteiger partial charge in [0.15, 0.2) is 5.69 Å². The van der Waals surface area contributed by atoms with Crippen molar-refractivity contribution in [2.45, 2.75) is 25.3 Å². The Labute approximate surface area is 93.9 Å². The van der Waals surface area contributed by atoms with Crippen LogP contribution < -0.4 is 0 Å². The molecule has 0 amide bonds. The maximum Gasteiger partial charge on any atom is 0.358 e. The van der Waals surface area contributed by atoms with Crippen LogP contribution >= 0.6 is 0 Å². The molecule has 1 aromatic heterocycles. The number of carboxylic acid groups (broad SMARTS) is 1. The van der Waals surface area contributed by atoms with E-state index in [1.54, 1.807) is 4.68 Å². The average Bonchev–Trinajstić information content (AvgIpc) is 2.95. The highest BCUT2D eigenvalue weighted by Gasteiger charge is 2.33. The highest BCUT2D eigenvalue weighted by molar-refractivity contribution is 5.86. The van der Waals surface area contributed by atoms with Crippen molar-refractivity contribution in [2.24, 2.45) is 0 Å². The highest BCUT2D eigenvalue weighted by Crippen LogP contribution is 2.41. The van der Waals surface area contributed by atoms with E-state index in [-0.39, 0.29) is 5.69 Å². The molecular formula is C10H16N4O2. The first kappa shape index (κ1) is 11.1. The summed E-state index contributed by atoms with van der Waals surface area (Å²) in [7, 11) is 3.96. The van der Waals surface area contributed by atoms with Crippen molar-refractivity contribution < 1.29 is 9.90 Å². The van der Waals surface area contributed by atoms with Gasteiger partial charge in [-0.2, -0.15) is 0 Å². The second kappa shape index (κ2) is 4.21. The van der Waals surface area contributed by atoms with Crippen LogP contribution in [-0.2, 0) is 6.54 Å². The van der Waals surface area contributed by atoms with E-state index in [0.717, 1.165) is 25.1 Å². The molecule has 0 atom stereocenters. The van der Waals surface area contributed by atoms with Crippen molar-refractivity contribution in [3.63, 3.8) is 0 Å². The summed E-state index contributed by atoms with van der Waals surface area (Å²) in [6, 6.07) is 0. The van der Waals surface area contributed by atoms with Gasteiger partial charge in [0.05, 0.1) is 12.2 Å². The molecular weight excluding hydrogens is 208 g/mol. The zero-order valence-corrected chi connectivity index (χ0v) is 9.55. The van der Waals surface area contributed by atoms with Crippen LogP contribution in [0.3, 0.4) is 0 Å². The fourth-order valence-electron chi connectivity index (χ4n) is 1.69. The number of carboxylic acids is 1. The quantitative estimate of drug-likeness (QED) is 0.784. The Balaban J connectivity index is 2.20. The van der Waals surface area contributed by atoms with E-state index in [9.17, 15) is 4.79 Å². The number of aromatic nitrogens is 3. The van der Waals surface area contributed by atoms with Gasteiger partial charge in [0, 0.05) is 12.5 Å². The summed E-state index contributed by atoms with van der Waals surface area (Å²) < 4.78 is 1.74. The number of rotatable bonds is 5. The van der Waals surface area contributed by atoms with Gasteiger partial charge in [0.1, 0.15) is 0 Å². The fourth-order valence-corrected chi connectivity index (χ4v) is 1.69. The second-order valence-electron chi connectivity index (χ2n) is 4.43. The number of aromatic carboxylic acids is 1. The van der Waals surface area contributed by atoms with Crippen molar-refractivity contribution in [1.29, 1.82) is 0 Å². The SMILES string of the molecule is CN(C)CCn1nnc(C(=O)O)c1C1CC1. The molecule has 0 aliphatic heterocycles. The predicted octanol–water partition coefficient (Wildman–Crippen LogP) is 0.415. The summed E-state index contributed by atoms with van der Waals surface area (Å²) in [5, 5.41) is 16.7. The Hall–Kier alpha value is -1.43. The minimum absolute atomic E-state index is 0.126. The third-order valence-electron chi connectivity index (χ3n) is 2.70. The van der Waals surface area contributed by atoms with Crippen LogP contribution in [-0.4, -0.2) is 51.6 Å². The van der Waals surface area contributed by atoms with E-state index in [2.05, 4.69) is 10.3 Å². The molecule has 88 valence electrons. The Kier molecular flexibility index (Phi) is 2.91. The first-order valence-corrected chi connectivity index (χ1v) is 5.41. The van der Waals surface area contributed by atoms with Gasteiger partial charge in [0.2, 0.25) is 0 Å². The molecule has 1 N–H and O–H groups in total. The summed E-state index contributed by atoms with van der Waals surface area (Å²) in [6.45, 7) is 1.53. The van der Waals surface area contributed by atoms with Crippen LogP contribution in [0.5, 0.6) is 0 Å². The molecule has 16 heavy (non-hydrogen) atoms. The molecule has 0 bridgehead atoms. The van der Waals surface area contributed by atoms with Crippen molar-refractivity contribution in [3.8, 4) is 0 Å². The van der Waals surface area contributed by atoms with Crippen molar-refractivity contribution in [1.82, 2.24) is 19.9 Å². The molecule has 1 fully saturated rings. The lowest BCUT2D eigenvalue weighted by Gasteiger charge is -2.10. The van der Waals surface area contributed by atoms with Gasteiger partial charge in [0.25, 0.3) is 0 Å². The molecule has 6 nitrogen and oxygen atoms in total. The van der Waals surface area contributed by atoms with Crippen molar-refractivity contribution in [3.05, 3.63) is 11.4 Å². The van der Waals surface area contributed by atoms with Gasteiger partial charge in [-0.3, -0.25) is 0 Å². The molecule has 0 unspecified atom stereocenters. The fraction of sp³-hybridized carbons (Fsp3) is 0.700. The Morgan fingerprint density at radius 1 is 1.56 bits per heavy atom. The third kappa shape index (κ3) is 2.21. The van der Waals surface area contributed by atoms with E-state index in [0.29, 0.717) is 12.5 Å². The zero-order valence-electron chi connectivity index (χ0n) is 9.55. The number of likely N-dealkylation sites (N-methyl/N-ethyl adjacent to an activating group) is 1. The minimum atomic E-state index is -0.974. The van der Waals surface area contributed by atoms with Gasteiger partial charge in [-0.1, -0.05) is 5.21 Å². The molecule has 1 saturated carbocycles. The Bertz CT molecular complexity index is 396.